The highest BCUT2D eigenvalue weighted by Gasteiger charge is 2.14. The molecule has 1 heterocycles. The lowest BCUT2D eigenvalue weighted by atomic mass is 10.1. The summed E-state index contributed by atoms with van der Waals surface area (Å²) in [5, 5.41) is 5.85. The van der Waals surface area contributed by atoms with Crippen molar-refractivity contribution in [3.05, 3.63) is 100 Å². The van der Waals surface area contributed by atoms with Crippen LogP contribution >= 0.6 is 11.6 Å². The fraction of sp³-hybridized carbons (Fsp3) is 0.0800. The van der Waals surface area contributed by atoms with Crippen LogP contribution in [0.4, 0.5) is 5.69 Å². The van der Waals surface area contributed by atoms with Gasteiger partial charge in [-0.05, 0) is 54.1 Å². The highest BCUT2D eigenvalue weighted by Crippen LogP contribution is 2.20. The molecule has 0 aliphatic rings. The molecule has 34 heavy (non-hydrogen) atoms. The van der Waals surface area contributed by atoms with Crippen molar-refractivity contribution in [3.63, 3.8) is 0 Å². The van der Waals surface area contributed by atoms with Gasteiger partial charge < -0.3 is 15.4 Å². The summed E-state index contributed by atoms with van der Waals surface area (Å²) < 4.78 is 4.82. The second-order valence-corrected chi connectivity index (χ2v) is 7.69. The number of hydrogen-bond acceptors (Lipinski definition) is 6. The van der Waals surface area contributed by atoms with Crippen LogP contribution in [0.3, 0.4) is 0 Å². The number of methoxy groups -OCH3 is 1. The van der Waals surface area contributed by atoms with Gasteiger partial charge in [0.15, 0.2) is 0 Å². The Hall–Kier alpha value is -4.30. The van der Waals surface area contributed by atoms with E-state index in [1.54, 1.807) is 67.0 Å². The number of halogens is 1. The quantitative estimate of drug-likeness (QED) is 0.404. The molecule has 0 aliphatic carbocycles. The van der Waals surface area contributed by atoms with E-state index in [2.05, 4.69) is 20.6 Å². The maximum Gasteiger partial charge on any atom is 0.337 e. The SMILES string of the molecule is COC(=O)c1cc(CNC(=O)c2ccc3nccnc3c2)cc(NC(=O)c2ccccc2Cl)c1. The molecule has 0 unspecified atom stereocenters. The number of anilines is 1. The van der Waals surface area contributed by atoms with Gasteiger partial charge in [0.1, 0.15) is 0 Å². The molecule has 0 radical (unpaired) electrons. The number of nitrogens with one attached hydrogen (secondary N) is 2. The van der Waals surface area contributed by atoms with Crippen molar-refractivity contribution in [1.82, 2.24) is 15.3 Å². The van der Waals surface area contributed by atoms with E-state index in [1.807, 2.05) is 0 Å². The van der Waals surface area contributed by atoms with Crippen LogP contribution in [0.2, 0.25) is 5.02 Å². The van der Waals surface area contributed by atoms with Crippen molar-refractivity contribution in [2.45, 2.75) is 6.54 Å². The number of esters is 1. The van der Waals surface area contributed by atoms with E-state index in [0.29, 0.717) is 38.4 Å². The van der Waals surface area contributed by atoms with Gasteiger partial charge in [-0.15, -0.1) is 0 Å². The average molecular weight is 475 g/mol. The number of amides is 2. The van der Waals surface area contributed by atoms with Gasteiger partial charge in [0, 0.05) is 30.2 Å². The van der Waals surface area contributed by atoms with Crippen molar-refractivity contribution < 1.29 is 19.1 Å². The fourth-order valence-corrected chi connectivity index (χ4v) is 3.56. The Kier molecular flexibility index (Phi) is 6.79. The molecule has 4 rings (SSSR count). The molecular weight excluding hydrogens is 456 g/mol. The van der Waals surface area contributed by atoms with Gasteiger partial charge in [-0.3, -0.25) is 19.6 Å². The zero-order chi connectivity index (χ0) is 24.1. The molecule has 2 N–H and O–H groups in total. The molecule has 4 aromatic rings. The number of aromatic nitrogens is 2. The fourth-order valence-electron chi connectivity index (χ4n) is 3.33. The Bertz CT molecular complexity index is 1410. The molecule has 0 saturated carbocycles. The summed E-state index contributed by atoms with van der Waals surface area (Å²) in [7, 11) is 1.27. The molecule has 0 atom stereocenters. The van der Waals surface area contributed by atoms with Crippen molar-refractivity contribution in [1.29, 1.82) is 0 Å². The zero-order valence-corrected chi connectivity index (χ0v) is 18.8. The summed E-state index contributed by atoms with van der Waals surface area (Å²) >= 11 is 6.11. The van der Waals surface area contributed by atoms with Gasteiger partial charge in [-0.25, -0.2) is 4.79 Å². The van der Waals surface area contributed by atoms with Crippen LogP contribution in [0, 0.1) is 0 Å². The molecule has 0 aliphatic heterocycles. The van der Waals surface area contributed by atoms with E-state index in [9.17, 15) is 14.4 Å². The summed E-state index contributed by atoms with van der Waals surface area (Å²) in [5.74, 6) is -1.33. The highest BCUT2D eigenvalue weighted by atomic mass is 35.5. The lowest BCUT2D eigenvalue weighted by Crippen LogP contribution is -2.23. The van der Waals surface area contributed by atoms with E-state index in [4.69, 9.17) is 16.3 Å². The maximum atomic E-state index is 12.7. The standard InChI is InChI=1S/C25H19ClN4O4/c1-34-25(33)17-10-15(11-18(12-17)30-24(32)19-4-2-3-5-20(19)26)14-29-23(31)16-6-7-21-22(13-16)28-9-8-27-21/h2-13H,14H2,1H3,(H,29,31)(H,30,32). The molecule has 170 valence electrons. The Morgan fingerprint density at radius 1 is 0.882 bits per heavy atom. The van der Waals surface area contributed by atoms with Gasteiger partial charge >= 0.3 is 5.97 Å². The van der Waals surface area contributed by atoms with E-state index in [-0.39, 0.29) is 18.0 Å². The molecule has 9 heteroatoms. The zero-order valence-electron chi connectivity index (χ0n) is 18.0. The lowest BCUT2D eigenvalue weighted by molar-refractivity contribution is 0.0600. The average Bonchev–Trinajstić information content (AvgIpc) is 2.86. The van der Waals surface area contributed by atoms with E-state index >= 15 is 0 Å². The number of rotatable bonds is 6. The lowest BCUT2D eigenvalue weighted by Gasteiger charge is -2.12. The molecule has 0 fully saturated rings. The second-order valence-electron chi connectivity index (χ2n) is 7.29. The number of benzene rings is 3. The minimum absolute atomic E-state index is 0.108. The predicted octanol–water partition coefficient (Wildman–Crippen LogP) is 4.25. The molecule has 0 spiro atoms. The number of carbonyl (C=O) groups excluding carboxylic acids is 3. The molecule has 8 nitrogen and oxygen atoms in total. The third-order valence-corrected chi connectivity index (χ3v) is 5.30. The molecule has 0 bridgehead atoms. The Morgan fingerprint density at radius 2 is 1.65 bits per heavy atom. The summed E-state index contributed by atoms with van der Waals surface area (Å²) in [6, 6.07) is 16.4. The van der Waals surface area contributed by atoms with Crippen LogP contribution < -0.4 is 10.6 Å². The van der Waals surface area contributed by atoms with Crippen LogP contribution in [-0.4, -0.2) is 34.9 Å². The third-order valence-electron chi connectivity index (χ3n) is 4.97. The van der Waals surface area contributed by atoms with E-state index in [0.717, 1.165) is 0 Å². The van der Waals surface area contributed by atoms with Crippen molar-refractivity contribution in [3.8, 4) is 0 Å². The maximum absolute atomic E-state index is 12.7. The number of fused-ring (bicyclic) bond motifs is 1. The summed E-state index contributed by atoms with van der Waals surface area (Å²) in [5.41, 5.74) is 3.18. The minimum atomic E-state index is -0.575. The molecule has 2 amide bonds. The smallest absolute Gasteiger partial charge is 0.337 e. The first-order valence-electron chi connectivity index (χ1n) is 10.2. The van der Waals surface area contributed by atoms with Crippen molar-refractivity contribution in [2.75, 3.05) is 12.4 Å². The summed E-state index contributed by atoms with van der Waals surface area (Å²) in [6.45, 7) is 0.108. The normalized spacial score (nSPS) is 10.5. The molecular formula is C25H19ClN4O4. The van der Waals surface area contributed by atoms with Gasteiger partial charge in [-0.2, -0.15) is 0 Å². The van der Waals surface area contributed by atoms with Gasteiger partial charge in [-0.1, -0.05) is 23.7 Å². The third kappa shape index (κ3) is 5.19. The van der Waals surface area contributed by atoms with Crippen molar-refractivity contribution in [2.24, 2.45) is 0 Å². The topological polar surface area (TPSA) is 110 Å². The number of hydrogen-bond donors (Lipinski definition) is 2. The van der Waals surface area contributed by atoms with Crippen LogP contribution in [0.1, 0.15) is 36.6 Å². The second kappa shape index (κ2) is 10.1. The summed E-state index contributed by atoms with van der Waals surface area (Å²) in [6.07, 6.45) is 3.14. The van der Waals surface area contributed by atoms with Crippen molar-refractivity contribution >= 4 is 46.1 Å². The highest BCUT2D eigenvalue weighted by molar-refractivity contribution is 6.34. The summed E-state index contributed by atoms with van der Waals surface area (Å²) in [4.78, 5) is 45.9. The first kappa shape index (κ1) is 22.9. The minimum Gasteiger partial charge on any atom is -0.465 e. The van der Waals surface area contributed by atoms with Gasteiger partial charge in [0.05, 0.1) is 34.3 Å². The number of carbonyl (C=O) groups is 3. The van der Waals surface area contributed by atoms with Gasteiger partial charge in [0.2, 0.25) is 0 Å². The molecule has 1 aromatic heterocycles. The van der Waals surface area contributed by atoms with E-state index < -0.39 is 11.9 Å². The molecule has 0 saturated heterocycles. The Balaban J connectivity index is 1.54. The first-order chi connectivity index (χ1) is 16.4. The van der Waals surface area contributed by atoms with E-state index in [1.165, 1.54) is 13.2 Å². The predicted molar refractivity (Wildman–Crippen MR) is 128 cm³/mol. The first-order valence-corrected chi connectivity index (χ1v) is 10.6. The van der Waals surface area contributed by atoms with Crippen LogP contribution in [-0.2, 0) is 11.3 Å². The van der Waals surface area contributed by atoms with Crippen LogP contribution in [0.25, 0.3) is 11.0 Å². The molecule has 3 aromatic carbocycles. The number of nitrogens with zero attached hydrogens (tertiary/aromatic N) is 2. The largest absolute Gasteiger partial charge is 0.465 e. The Labute approximate surface area is 199 Å². The van der Waals surface area contributed by atoms with Crippen LogP contribution in [0.15, 0.2) is 73.1 Å². The van der Waals surface area contributed by atoms with Gasteiger partial charge in [0.25, 0.3) is 11.8 Å². The number of ether oxygens (including phenoxy) is 1. The Morgan fingerprint density at radius 3 is 2.41 bits per heavy atom. The monoisotopic (exact) mass is 474 g/mol. The van der Waals surface area contributed by atoms with Crippen LogP contribution in [0.5, 0.6) is 0 Å².